The zero-order chi connectivity index (χ0) is 14.8. The van der Waals surface area contributed by atoms with Crippen LogP contribution in [0.1, 0.15) is 0 Å². The van der Waals surface area contributed by atoms with Crippen LogP contribution in [-0.4, -0.2) is 26.0 Å². The highest BCUT2D eigenvalue weighted by Crippen LogP contribution is 2.32. The molecule has 0 radical (unpaired) electrons. The molecule has 0 bridgehead atoms. The summed E-state index contributed by atoms with van der Waals surface area (Å²) in [7, 11) is -3.91. The van der Waals surface area contributed by atoms with Crippen molar-refractivity contribution in [2.24, 2.45) is 0 Å². The monoisotopic (exact) mass is 375 g/mol. The van der Waals surface area contributed by atoms with Crippen molar-refractivity contribution in [3.63, 3.8) is 0 Å². The molecule has 2 rings (SSSR count). The molecule has 0 aliphatic rings. The summed E-state index contributed by atoms with van der Waals surface area (Å²) in [6.07, 6.45) is 0. The van der Waals surface area contributed by atoms with Crippen molar-refractivity contribution in [1.29, 1.82) is 0 Å². The topological polar surface area (TPSA) is 74.7 Å². The summed E-state index contributed by atoms with van der Waals surface area (Å²) in [6, 6.07) is 9.77. The number of halogens is 1. The van der Waals surface area contributed by atoms with Gasteiger partial charge >= 0.3 is 5.97 Å². The van der Waals surface area contributed by atoms with E-state index in [0.29, 0.717) is 10.2 Å². The number of thiophene rings is 1. The van der Waals surface area contributed by atoms with E-state index in [1.165, 1.54) is 0 Å². The molecule has 0 aliphatic heterocycles. The van der Waals surface area contributed by atoms with Gasteiger partial charge in [0.15, 0.2) is 4.21 Å². The molecule has 106 valence electrons. The quantitative estimate of drug-likeness (QED) is 0.871. The first-order valence-corrected chi connectivity index (χ1v) is 8.57. The van der Waals surface area contributed by atoms with E-state index in [1.54, 1.807) is 41.8 Å². The van der Waals surface area contributed by atoms with E-state index in [9.17, 15) is 13.2 Å². The highest BCUT2D eigenvalue weighted by Gasteiger charge is 2.29. The Morgan fingerprint density at radius 2 is 1.90 bits per heavy atom. The van der Waals surface area contributed by atoms with E-state index < -0.39 is 22.5 Å². The molecule has 0 spiro atoms. The Hall–Kier alpha value is -1.38. The lowest BCUT2D eigenvalue weighted by Gasteiger charge is -2.22. The Morgan fingerprint density at radius 1 is 1.25 bits per heavy atom. The second kappa shape index (κ2) is 5.94. The Bertz CT molecular complexity index is 712. The van der Waals surface area contributed by atoms with Crippen molar-refractivity contribution in [1.82, 2.24) is 0 Å². The molecule has 1 heterocycles. The molecule has 0 unspecified atom stereocenters. The molecule has 20 heavy (non-hydrogen) atoms. The van der Waals surface area contributed by atoms with Gasteiger partial charge in [0.05, 0.1) is 5.69 Å². The maximum Gasteiger partial charge on any atom is 0.324 e. The van der Waals surface area contributed by atoms with Gasteiger partial charge in [-0.15, -0.1) is 11.3 Å². The fourth-order valence-electron chi connectivity index (χ4n) is 1.60. The predicted molar refractivity (Wildman–Crippen MR) is 80.6 cm³/mol. The predicted octanol–water partition coefficient (Wildman–Crippen LogP) is 2.79. The van der Waals surface area contributed by atoms with Gasteiger partial charge in [-0.1, -0.05) is 18.2 Å². The Labute approximate surface area is 128 Å². The Balaban J connectivity index is 2.52. The number of sulfonamides is 1. The molecule has 0 aliphatic carbocycles. The normalized spacial score (nSPS) is 11.2. The minimum absolute atomic E-state index is 0.0857. The molecule has 0 saturated carbocycles. The molecular weight excluding hydrogens is 366 g/mol. The summed E-state index contributed by atoms with van der Waals surface area (Å²) in [5, 5.41) is 10.6. The van der Waals surface area contributed by atoms with Crippen molar-refractivity contribution in [3.8, 4) is 0 Å². The number of aliphatic carboxylic acids is 1. The van der Waals surface area contributed by atoms with Crippen molar-refractivity contribution in [2.75, 3.05) is 10.8 Å². The minimum atomic E-state index is -3.91. The van der Waals surface area contributed by atoms with Gasteiger partial charge in [0.25, 0.3) is 10.0 Å². The number of hydrogen-bond acceptors (Lipinski definition) is 4. The Morgan fingerprint density at radius 3 is 2.40 bits per heavy atom. The maximum absolute atomic E-state index is 12.6. The van der Waals surface area contributed by atoms with E-state index in [4.69, 9.17) is 5.11 Å². The van der Waals surface area contributed by atoms with Crippen LogP contribution in [0.5, 0.6) is 0 Å². The lowest BCUT2D eigenvalue weighted by atomic mass is 10.3. The van der Waals surface area contributed by atoms with Gasteiger partial charge in [-0.05, 0) is 39.5 Å². The summed E-state index contributed by atoms with van der Waals surface area (Å²) in [4.78, 5) is 11.0. The number of nitrogens with zero attached hydrogens (tertiary/aromatic N) is 1. The molecule has 1 N–H and O–H groups in total. The average Bonchev–Trinajstić information content (AvgIpc) is 2.83. The van der Waals surface area contributed by atoms with Crippen LogP contribution in [-0.2, 0) is 14.8 Å². The number of rotatable bonds is 5. The number of carboxylic acid groups (broad SMARTS) is 1. The van der Waals surface area contributed by atoms with Crippen LogP contribution in [0.25, 0.3) is 0 Å². The number of anilines is 1. The molecule has 0 saturated heterocycles. The van der Waals surface area contributed by atoms with Crippen LogP contribution >= 0.6 is 27.3 Å². The zero-order valence-electron chi connectivity index (χ0n) is 10.1. The van der Waals surface area contributed by atoms with Crippen molar-refractivity contribution in [2.45, 2.75) is 4.21 Å². The molecule has 0 fully saturated rings. The third kappa shape index (κ3) is 3.02. The highest BCUT2D eigenvalue weighted by molar-refractivity contribution is 9.10. The SMILES string of the molecule is O=C(O)CN(c1ccccc1)S(=O)(=O)c1sccc1Br. The van der Waals surface area contributed by atoms with Gasteiger partial charge < -0.3 is 5.11 Å². The van der Waals surface area contributed by atoms with Crippen molar-refractivity contribution in [3.05, 3.63) is 46.3 Å². The van der Waals surface area contributed by atoms with E-state index >= 15 is 0 Å². The van der Waals surface area contributed by atoms with Gasteiger partial charge in [0, 0.05) is 4.47 Å². The van der Waals surface area contributed by atoms with E-state index in [1.807, 2.05) is 0 Å². The van der Waals surface area contributed by atoms with Crippen LogP contribution in [0.4, 0.5) is 5.69 Å². The van der Waals surface area contributed by atoms with Gasteiger partial charge in [0.1, 0.15) is 6.54 Å². The first kappa shape index (κ1) is 15.0. The summed E-state index contributed by atoms with van der Waals surface area (Å²) in [5.74, 6) is -1.22. The standard InChI is InChI=1S/C12H10BrNO4S2/c13-10-6-7-19-12(10)20(17,18)14(8-11(15)16)9-4-2-1-3-5-9/h1-7H,8H2,(H,15,16). The van der Waals surface area contributed by atoms with Gasteiger partial charge in [0.2, 0.25) is 0 Å². The van der Waals surface area contributed by atoms with Crippen LogP contribution in [0.2, 0.25) is 0 Å². The summed E-state index contributed by atoms with van der Waals surface area (Å²) < 4.78 is 26.6. The smallest absolute Gasteiger partial charge is 0.324 e. The average molecular weight is 376 g/mol. The second-order valence-electron chi connectivity index (χ2n) is 3.80. The van der Waals surface area contributed by atoms with Gasteiger partial charge in [-0.25, -0.2) is 8.42 Å². The first-order valence-electron chi connectivity index (χ1n) is 5.45. The Kier molecular flexibility index (Phi) is 4.46. The lowest BCUT2D eigenvalue weighted by molar-refractivity contribution is -0.135. The summed E-state index contributed by atoms with van der Waals surface area (Å²) >= 11 is 4.20. The fourth-order valence-corrected chi connectivity index (χ4v) is 5.42. The zero-order valence-corrected chi connectivity index (χ0v) is 13.3. The molecule has 1 aromatic carbocycles. The van der Waals surface area contributed by atoms with E-state index in [0.717, 1.165) is 15.6 Å². The van der Waals surface area contributed by atoms with Crippen LogP contribution < -0.4 is 4.31 Å². The van der Waals surface area contributed by atoms with Crippen molar-refractivity contribution < 1.29 is 18.3 Å². The van der Waals surface area contributed by atoms with E-state index in [-0.39, 0.29) is 4.21 Å². The van der Waals surface area contributed by atoms with E-state index in [2.05, 4.69) is 15.9 Å². The first-order chi connectivity index (χ1) is 9.43. The van der Waals surface area contributed by atoms with Crippen LogP contribution in [0.15, 0.2) is 50.5 Å². The molecular formula is C12H10BrNO4S2. The van der Waals surface area contributed by atoms with Crippen molar-refractivity contribution >= 4 is 48.9 Å². The maximum atomic E-state index is 12.6. The van der Waals surface area contributed by atoms with Gasteiger partial charge in [-0.2, -0.15) is 0 Å². The second-order valence-corrected chi connectivity index (χ2v) is 7.62. The fraction of sp³-hybridized carbons (Fsp3) is 0.0833. The summed E-state index contributed by atoms with van der Waals surface area (Å²) in [6.45, 7) is -0.628. The molecule has 2 aromatic rings. The number of carbonyl (C=O) groups is 1. The number of carboxylic acids is 1. The molecule has 8 heteroatoms. The summed E-state index contributed by atoms with van der Waals surface area (Å²) in [5.41, 5.74) is 0.315. The van der Waals surface area contributed by atoms with Gasteiger partial charge in [-0.3, -0.25) is 9.10 Å². The minimum Gasteiger partial charge on any atom is -0.480 e. The largest absolute Gasteiger partial charge is 0.480 e. The van der Waals surface area contributed by atoms with Crippen LogP contribution in [0.3, 0.4) is 0 Å². The molecule has 0 amide bonds. The molecule has 5 nitrogen and oxygen atoms in total. The molecule has 0 atom stereocenters. The highest BCUT2D eigenvalue weighted by atomic mass is 79.9. The number of benzene rings is 1. The number of hydrogen-bond donors (Lipinski definition) is 1. The van der Waals surface area contributed by atoms with Crippen LogP contribution in [0, 0.1) is 0 Å². The third-order valence-electron chi connectivity index (χ3n) is 2.43. The lowest BCUT2D eigenvalue weighted by Crippen LogP contribution is -2.35. The molecule has 1 aromatic heterocycles. The number of para-hydroxylation sites is 1. The third-order valence-corrected chi connectivity index (χ3v) is 6.85.